The van der Waals surface area contributed by atoms with E-state index in [1.54, 1.807) is 36.4 Å². The van der Waals surface area contributed by atoms with Crippen LogP contribution in [0.25, 0.3) is 6.08 Å². The van der Waals surface area contributed by atoms with Crippen LogP contribution < -0.4 is 14.8 Å². The smallest absolute Gasteiger partial charge is 0.331 e. The van der Waals surface area contributed by atoms with E-state index in [9.17, 15) is 9.59 Å². The number of rotatable bonds is 5. The Morgan fingerprint density at radius 2 is 1.86 bits per heavy atom. The van der Waals surface area contributed by atoms with Crippen molar-refractivity contribution in [3.63, 3.8) is 0 Å². The number of esters is 1. The van der Waals surface area contributed by atoms with Crippen LogP contribution in [0.2, 0.25) is 10.0 Å². The van der Waals surface area contributed by atoms with Gasteiger partial charge in [0.1, 0.15) is 13.2 Å². The molecule has 1 amide bonds. The Bertz CT molecular complexity index is 929. The summed E-state index contributed by atoms with van der Waals surface area (Å²) in [6.07, 6.45) is 1.70. The van der Waals surface area contributed by atoms with Gasteiger partial charge < -0.3 is 19.5 Å². The lowest BCUT2D eigenvalue weighted by atomic mass is 10.2. The molecule has 28 heavy (non-hydrogen) atoms. The third-order valence-electron chi connectivity index (χ3n) is 3.83. The summed E-state index contributed by atoms with van der Waals surface area (Å²) >= 11 is 11.9. The van der Waals surface area contributed by atoms with E-state index in [0.29, 0.717) is 46.0 Å². The van der Waals surface area contributed by atoms with Crippen LogP contribution in [0.1, 0.15) is 12.5 Å². The Kier molecular flexibility index (Phi) is 6.44. The summed E-state index contributed by atoms with van der Waals surface area (Å²) in [5, 5.41) is 3.57. The molecular formula is C20H17Cl2NO5. The highest BCUT2D eigenvalue weighted by molar-refractivity contribution is 6.35. The van der Waals surface area contributed by atoms with Gasteiger partial charge in [0.05, 0.1) is 0 Å². The number of hydrogen-bond acceptors (Lipinski definition) is 5. The zero-order valence-corrected chi connectivity index (χ0v) is 16.4. The van der Waals surface area contributed by atoms with Gasteiger partial charge in [-0.25, -0.2) is 4.79 Å². The SMILES string of the molecule is CC(OC(=O)C=Cc1ccc(Cl)cc1Cl)C(=O)Nc1ccc2c(c1)OCCO2. The molecule has 8 heteroatoms. The number of fused-ring (bicyclic) bond motifs is 1. The lowest BCUT2D eigenvalue weighted by Gasteiger charge is -2.19. The van der Waals surface area contributed by atoms with Gasteiger partial charge in [0, 0.05) is 27.9 Å². The molecule has 0 saturated carbocycles. The Morgan fingerprint density at radius 3 is 2.61 bits per heavy atom. The third kappa shape index (κ3) is 5.18. The molecule has 0 radical (unpaired) electrons. The zero-order chi connectivity index (χ0) is 20.1. The highest BCUT2D eigenvalue weighted by Gasteiger charge is 2.18. The van der Waals surface area contributed by atoms with E-state index in [0.717, 1.165) is 0 Å². The Hall–Kier alpha value is -2.70. The molecule has 0 aliphatic carbocycles. The van der Waals surface area contributed by atoms with Crippen molar-refractivity contribution in [1.29, 1.82) is 0 Å². The first-order valence-corrected chi connectivity index (χ1v) is 9.22. The summed E-state index contributed by atoms with van der Waals surface area (Å²) in [7, 11) is 0. The molecule has 0 aromatic heterocycles. The molecule has 2 aromatic rings. The fourth-order valence-electron chi connectivity index (χ4n) is 2.43. The second-order valence-corrected chi connectivity index (χ2v) is 6.77. The first-order valence-electron chi connectivity index (χ1n) is 8.46. The van der Waals surface area contributed by atoms with E-state index < -0.39 is 18.0 Å². The Morgan fingerprint density at radius 1 is 1.11 bits per heavy atom. The van der Waals surface area contributed by atoms with Gasteiger partial charge in [0.15, 0.2) is 17.6 Å². The second kappa shape index (κ2) is 8.99. The fraction of sp³-hybridized carbons (Fsp3) is 0.200. The van der Waals surface area contributed by atoms with Crippen LogP contribution in [0.5, 0.6) is 11.5 Å². The minimum absolute atomic E-state index is 0.404. The number of benzene rings is 2. The summed E-state index contributed by atoms with van der Waals surface area (Å²) in [5.41, 5.74) is 1.12. The van der Waals surface area contributed by atoms with Crippen LogP contribution in [-0.4, -0.2) is 31.2 Å². The van der Waals surface area contributed by atoms with Gasteiger partial charge in [-0.2, -0.15) is 0 Å². The van der Waals surface area contributed by atoms with Crippen molar-refractivity contribution in [2.75, 3.05) is 18.5 Å². The summed E-state index contributed by atoms with van der Waals surface area (Å²) in [6.45, 7) is 2.41. The molecule has 1 aliphatic heterocycles. The highest BCUT2D eigenvalue weighted by Crippen LogP contribution is 2.32. The molecule has 1 atom stereocenters. The molecule has 1 N–H and O–H groups in total. The Labute approximate surface area is 172 Å². The largest absolute Gasteiger partial charge is 0.486 e. The van der Waals surface area contributed by atoms with E-state index in [1.807, 2.05) is 0 Å². The standard InChI is InChI=1S/C20H17Cl2NO5/c1-12(28-19(24)7-3-13-2-4-14(21)10-16(13)22)20(25)23-15-5-6-17-18(11-15)27-9-8-26-17/h2-7,10-12H,8-9H2,1H3,(H,23,25). The van der Waals surface area contributed by atoms with Crippen LogP contribution in [0, 0.1) is 0 Å². The van der Waals surface area contributed by atoms with Crippen molar-refractivity contribution in [2.45, 2.75) is 13.0 Å². The number of amides is 1. The van der Waals surface area contributed by atoms with Gasteiger partial charge in [-0.15, -0.1) is 0 Å². The van der Waals surface area contributed by atoms with Gasteiger partial charge in [-0.3, -0.25) is 4.79 Å². The lowest BCUT2D eigenvalue weighted by molar-refractivity contribution is -0.148. The summed E-state index contributed by atoms with van der Waals surface area (Å²) < 4.78 is 16.0. The number of nitrogens with one attached hydrogen (secondary N) is 1. The number of halogens is 2. The molecule has 1 aliphatic rings. The van der Waals surface area contributed by atoms with Crippen LogP contribution in [0.4, 0.5) is 5.69 Å². The average molecular weight is 422 g/mol. The molecule has 146 valence electrons. The molecule has 0 bridgehead atoms. The maximum Gasteiger partial charge on any atom is 0.331 e. The second-order valence-electron chi connectivity index (χ2n) is 5.93. The monoisotopic (exact) mass is 421 g/mol. The van der Waals surface area contributed by atoms with Crippen molar-refractivity contribution < 1.29 is 23.8 Å². The molecular weight excluding hydrogens is 405 g/mol. The molecule has 3 rings (SSSR count). The molecule has 0 saturated heterocycles. The maximum atomic E-state index is 12.3. The maximum absolute atomic E-state index is 12.3. The van der Waals surface area contributed by atoms with Crippen LogP contribution in [-0.2, 0) is 14.3 Å². The number of anilines is 1. The summed E-state index contributed by atoms with van der Waals surface area (Å²) in [6, 6.07) is 9.94. The van der Waals surface area contributed by atoms with Crippen LogP contribution in [0.3, 0.4) is 0 Å². The lowest BCUT2D eigenvalue weighted by Crippen LogP contribution is -2.29. The first kappa shape index (κ1) is 20.0. The van der Waals surface area contributed by atoms with Crippen molar-refractivity contribution in [2.24, 2.45) is 0 Å². The zero-order valence-electron chi connectivity index (χ0n) is 14.9. The molecule has 2 aromatic carbocycles. The van der Waals surface area contributed by atoms with Crippen molar-refractivity contribution in [3.8, 4) is 11.5 Å². The summed E-state index contributed by atoms with van der Waals surface area (Å²) in [4.78, 5) is 24.2. The number of hydrogen-bond donors (Lipinski definition) is 1. The third-order valence-corrected chi connectivity index (χ3v) is 4.40. The minimum Gasteiger partial charge on any atom is -0.486 e. The van der Waals surface area contributed by atoms with Crippen molar-refractivity contribution in [1.82, 2.24) is 0 Å². The number of carbonyl (C=O) groups is 2. The summed E-state index contributed by atoms with van der Waals surface area (Å²) in [5.74, 6) is 0.0324. The minimum atomic E-state index is -0.994. The van der Waals surface area contributed by atoms with E-state index in [2.05, 4.69) is 5.32 Å². The molecule has 1 unspecified atom stereocenters. The number of ether oxygens (including phenoxy) is 3. The molecule has 6 nitrogen and oxygen atoms in total. The van der Waals surface area contributed by atoms with Gasteiger partial charge in [-0.1, -0.05) is 29.3 Å². The quantitative estimate of drug-likeness (QED) is 0.573. The topological polar surface area (TPSA) is 73.9 Å². The van der Waals surface area contributed by atoms with Crippen LogP contribution >= 0.6 is 23.2 Å². The van der Waals surface area contributed by atoms with E-state index in [-0.39, 0.29) is 0 Å². The van der Waals surface area contributed by atoms with E-state index in [4.69, 9.17) is 37.4 Å². The fourth-order valence-corrected chi connectivity index (χ4v) is 2.90. The van der Waals surface area contributed by atoms with Gasteiger partial charge in [-0.05, 0) is 42.8 Å². The Balaban J connectivity index is 1.56. The molecule has 0 fully saturated rings. The predicted molar refractivity (Wildman–Crippen MR) is 107 cm³/mol. The van der Waals surface area contributed by atoms with Crippen molar-refractivity contribution >= 4 is 46.8 Å². The highest BCUT2D eigenvalue weighted by atomic mass is 35.5. The number of carbonyl (C=O) groups excluding carboxylic acids is 2. The van der Waals surface area contributed by atoms with Gasteiger partial charge in [0.25, 0.3) is 5.91 Å². The first-order chi connectivity index (χ1) is 13.4. The van der Waals surface area contributed by atoms with Crippen LogP contribution in [0.15, 0.2) is 42.5 Å². The van der Waals surface area contributed by atoms with Gasteiger partial charge >= 0.3 is 5.97 Å². The normalized spacial score (nSPS) is 13.8. The van der Waals surface area contributed by atoms with Crippen molar-refractivity contribution in [3.05, 3.63) is 58.1 Å². The molecule has 1 heterocycles. The predicted octanol–water partition coefficient (Wildman–Crippen LogP) is 4.35. The van der Waals surface area contributed by atoms with Gasteiger partial charge in [0.2, 0.25) is 0 Å². The van der Waals surface area contributed by atoms with E-state index in [1.165, 1.54) is 19.1 Å². The van der Waals surface area contributed by atoms with E-state index >= 15 is 0 Å². The average Bonchev–Trinajstić information content (AvgIpc) is 2.67. The molecule has 0 spiro atoms.